The number of hydrogen-bond acceptors (Lipinski definition) is 3. The fourth-order valence-corrected chi connectivity index (χ4v) is 1.95. The maximum absolute atomic E-state index is 13.6. The number of anilines is 1. The highest BCUT2D eigenvalue weighted by Gasteiger charge is 2.38. The topological polar surface area (TPSA) is 52.6 Å². The van der Waals surface area contributed by atoms with Gasteiger partial charge in [-0.15, -0.1) is 6.58 Å². The molecule has 0 radical (unpaired) electrons. The largest absolute Gasteiger partial charge is 0.490 e. The molecule has 0 spiro atoms. The maximum Gasteiger partial charge on any atom is 0.490 e. The molecule has 4 nitrogen and oxygen atoms in total. The van der Waals surface area contributed by atoms with Gasteiger partial charge < -0.3 is 15.3 Å². The Hall–Kier alpha value is -2.16. The predicted molar refractivity (Wildman–Crippen MR) is 74.2 cm³/mol. The fraction of sp³-hybridized carbons (Fsp3) is 0.357. The summed E-state index contributed by atoms with van der Waals surface area (Å²) in [5.74, 6) is -4.34. The summed E-state index contributed by atoms with van der Waals surface area (Å²) in [5, 5.41) is 10.3. The van der Waals surface area contributed by atoms with Gasteiger partial charge in [0.2, 0.25) is 0 Å². The molecule has 0 saturated carbocycles. The first kappa shape index (κ1) is 18.9. The Kier molecular flexibility index (Phi) is 6.49. The van der Waals surface area contributed by atoms with Crippen LogP contribution in [0.15, 0.2) is 30.9 Å². The van der Waals surface area contributed by atoms with Crippen LogP contribution < -0.4 is 10.2 Å². The lowest BCUT2D eigenvalue weighted by atomic mass is 10.1. The molecule has 23 heavy (non-hydrogen) atoms. The third kappa shape index (κ3) is 5.20. The van der Waals surface area contributed by atoms with Crippen molar-refractivity contribution in [3.8, 4) is 0 Å². The number of benzene rings is 1. The third-order valence-electron chi connectivity index (χ3n) is 3.04. The van der Waals surface area contributed by atoms with Crippen molar-refractivity contribution in [3.63, 3.8) is 0 Å². The van der Waals surface area contributed by atoms with Crippen molar-refractivity contribution < 1.29 is 31.9 Å². The van der Waals surface area contributed by atoms with E-state index >= 15 is 0 Å². The summed E-state index contributed by atoms with van der Waals surface area (Å²) in [7, 11) is 0. The molecule has 0 amide bonds. The number of aliphatic carboxylic acids is 1. The second-order valence-electron chi connectivity index (χ2n) is 4.58. The molecule has 1 fully saturated rings. The standard InChI is InChI=1S/C12H14F2N2.C2HF3O2/c1-2-9-8-15-6-7-16(9)11-5-3-4-10(13)12(11)14;3-2(4,5)1(6)7/h2-5,9,15H,1,6-8H2;(H,6,7). The zero-order valence-electron chi connectivity index (χ0n) is 11.9. The van der Waals surface area contributed by atoms with Crippen LogP contribution in [0.2, 0.25) is 0 Å². The molecule has 1 aliphatic rings. The van der Waals surface area contributed by atoms with E-state index in [9.17, 15) is 22.0 Å². The molecule has 1 atom stereocenters. The summed E-state index contributed by atoms with van der Waals surface area (Å²) in [4.78, 5) is 10.7. The Balaban J connectivity index is 0.000000322. The second-order valence-corrected chi connectivity index (χ2v) is 4.58. The highest BCUT2D eigenvalue weighted by molar-refractivity contribution is 5.73. The summed E-state index contributed by atoms with van der Waals surface area (Å²) in [5.41, 5.74) is 0.311. The molecular formula is C14H15F5N2O2. The number of carboxylic acids is 1. The van der Waals surface area contributed by atoms with Crippen LogP contribution in [0.5, 0.6) is 0 Å². The highest BCUT2D eigenvalue weighted by atomic mass is 19.4. The van der Waals surface area contributed by atoms with E-state index < -0.39 is 23.8 Å². The van der Waals surface area contributed by atoms with Gasteiger partial charge in [-0.1, -0.05) is 12.1 Å². The van der Waals surface area contributed by atoms with E-state index in [0.717, 1.165) is 12.6 Å². The minimum absolute atomic E-state index is 0.00468. The van der Waals surface area contributed by atoms with E-state index in [1.54, 1.807) is 12.1 Å². The minimum Gasteiger partial charge on any atom is -0.475 e. The molecule has 1 unspecified atom stereocenters. The van der Waals surface area contributed by atoms with E-state index in [0.29, 0.717) is 18.8 Å². The van der Waals surface area contributed by atoms with Crippen LogP contribution in [0.3, 0.4) is 0 Å². The SMILES string of the molecule is C=CC1CNCCN1c1cccc(F)c1F.O=C(O)C(F)(F)F. The lowest BCUT2D eigenvalue weighted by Crippen LogP contribution is -2.50. The average Bonchev–Trinajstić information content (AvgIpc) is 2.50. The van der Waals surface area contributed by atoms with Crippen molar-refractivity contribution in [2.75, 3.05) is 24.5 Å². The van der Waals surface area contributed by atoms with Crippen molar-refractivity contribution >= 4 is 11.7 Å². The highest BCUT2D eigenvalue weighted by Crippen LogP contribution is 2.24. The monoisotopic (exact) mass is 338 g/mol. The van der Waals surface area contributed by atoms with Gasteiger partial charge in [0.25, 0.3) is 0 Å². The number of piperazine rings is 1. The van der Waals surface area contributed by atoms with Gasteiger partial charge in [0.15, 0.2) is 11.6 Å². The van der Waals surface area contributed by atoms with E-state index in [2.05, 4.69) is 11.9 Å². The van der Waals surface area contributed by atoms with Gasteiger partial charge in [0.05, 0.1) is 11.7 Å². The summed E-state index contributed by atoms with van der Waals surface area (Å²) >= 11 is 0. The van der Waals surface area contributed by atoms with E-state index in [1.807, 2.05) is 4.90 Å². The Morgan fingerprint density at radius 1 is 1.39 bits per heavy atom. The van der Waals surface area contributed by atoms with E-state index in [1.165, 1.54) is 6.07 Å². The molecule has 0 aromatic heterocycles. The Morgan fingerprint density at radius 2 is 2.00 bits per heavy atom. The van der Waals surface area contributed by atoms with Gasteiger partial charge in [-0.2, -0.15) is 13.2 Å². The molecule has 1 saturated heterocycles. The summed E-state index contributed by atoms with van der Waals surface area (Å²) in [6, 6.07) is 4.25. The third-order valence-corrected chi connectivity index (χ3v) is 3.04. The van der Waals surface area contributed by atoms with E-state index in [4.69, 9.17) is 9.90 Å². The van der Waals surface area contributed by atoms with Crippen LogP contribution in [0.4, 0.5) is 27.6 Å². The van der Waals surface area contributed by atoms with Gasteiger partial charge >= 0.3 is 12.1 Å². The smallest absolute Gasteiger partial charge is 0.475 e. The maximum atomic E-state index is 13.6. The molecule has 1 aromatic carbocycles. The number of hydrogen-bond donors (Lipinski definition) is 2. The second kappa shape index (κ2) is 7.91. The molecule has 0 aliphatic carbocycles. The average molecular weight is 338 g/mol. The van der Waals surface area contributed by atoms with Crippen molar-refractivity contribution in [1.82, 2.24) is 5.32 Å². The van der Waals surface area contributed by atoms with Crippen LogP contribution in [0, 0.1) is 11.6 Å². The Morgan fingerprint density at radius 3 is 2.52 bits per heavy atom. The molecule has 1 aliphatic heterocycles. The molecule has 2 N–H and O–H groups in total. The number of rotatable bonds is 2. The first-order valence-corrected chi connectivity index (χ1v) is 6.52. The van der Waals surface area contributed by atoms with Crippen molar-refractivity contribution in [2.45, 2.75) is 12.2 Å². The number of nitrogens with one attached hydrogen (secondary N) is 1. The normalized spacial score (nSPS) is 18.0. The molecular weight excluding hydrogens is 323 g/mol. The summed E-state index contributed by atoms with van der Waals surface area (Å²) < 4.78 is 58.5. The Labute approximate surface area is 129 Å². The molecule has 1 aromatic rings. The van der Waals surface area contributed by atoms with Crippen molar-refractivity contribution in [2.24, 2.45) is 0 Å². The number of carboxylic acid groups (broad SMARTS) is 1. The minimum atomic E-state index is -5.08. The quantitative estimate of drug-likeness (QED) is 0.643. The zero-order chi connectivity index (χ0) is 17.6. The summed E-state index contributed by atoms with van der Waals surface area (Å²) in [6.07, 6.45) is -3.34. The van der Waals surface area contributed by atoms with Gasteiger partial charge in [-0.3, -0.25) is 0 Å². The fourth-order valence-electron chi connectivity index (χ4n) is 1.95. The summed E-state index contributed by atoms with van der Waals surface area (Å²) in [6.45, 7) is 5.84. The van der Waals surface area contributed by atoms with Crippen molar-refractivity contribution in [3.05, 3.63) is 42.5 Å². The number of nitrogens with zero attached hydrogens (tertiary/aromatic N) is 1. The first-order chi connectivity index (χ1) is 10.7. The molecule has 1 heterocycles. The molecule has 128 valence electrons. The molecule has 2 rings (SSSR count). The molecule has 0 bridgehead atoms. The lowest BCUT2D eigenvalue weighted by molar-refractivity contribution is -0.192. The first-order valence-electron chi connectivity index (χ1n) is 6.52. The zero-order valence-corrected chi connectivity index (χ0v) is 11.9. The lowest BCUT2D eigenvalue weighted by Gasteiger charge is -2.36. The Bertz CT molecular complexity index is 563. The van der Waals surface area contributed by atoms with Gasteiger partial charge in [0.1, 0.15) is 0 Å². The van der Waals surface area contributed by atoms with Gasteiger partial charge in [0, 0.05) is 19.6 Å². The number of halogens is 5. The number of alkyl halides is 3. The van der Waals surface area contributed by atoms with Crippen LogP contribution in [-0.2, 0) is 4.79 Å². The van der Waals surface area contributed by atoms with Crippen LogP contribution in [0.25, 0.3) is 0 Å². The van der Waals surface area contributed by atoms with Gasteiger partial charge in [-0.25, -0.2) is 13.6 Å². The van der Waals surface area contributed by atoms with E-state index in [-0.39, 0.29) is 6.04 Å². The van der Waals surface area contributed by atoms with Crippen molar-refractivity contribution in [1.29, 1.82) is 0 Å². The van der Waals surface area contributed by atoms with Crippen LogP contribution in [0.1, 0.15) is 0 Å². The number of carbonyl (C=O) groups is 1. The predicted octanol–water partition coefficient (Wildman–Crippen LogP) is 2.56. The van der Waals surface area contributed by atoms with Gasteiger partial charge in [-0.05, 0) is 12.1 Å². The van der Waals surface area contributed by atoms with Crippen LogP contribution in [-0.4, -0.2) is 42.9 Å². The van der Waals surface area contributed by atoms with Crippen LogP contribution >= 0.6 is 0 Å². The molecule has 9 heteroatoms.